The van der Waals surface area contributed by atoms with Gasteiger partial charge in [-0.15, -0.1) is 0 Å². The van der Waals surface area contributed by atoms with E-state index < -0.39 is 6.10 Å². The van der Waals surface area contributed by atoms with Crippen LogP contribution in [0.5, 0.6) is 0 Å². The fourth-order valence-electron chi connectivity index (χ4n) is 1.61. The molecule has 0 aliphatic heterocycles. The Morgan fingerprint density at radius 1 is 1.46 bits per heavy atom. The summed E-state index contributed by atoms with van der Waals surface area (Å²) in [5.74, 6) is 0. The van der Waals surface area contributed by atoms with Crippen LogP contribution >= 0.6 is 0 Å². The predicted molar refractivity (Wildman–Crippen MR) is 56.5 cm³/mol. The summed E-state index contributed by atoms with van der Waals surface area (Å²) in [5.41, 5.74) is 3.14. The quantitative estimate of drug-likeness (QED) is 0.704. The van der Waals surface area contributed by atoms with E-state index in [1.807, 2.05) is 13.0 Å². The molecule has 1 unspecified atom stereocenters. The van der Waals surface area contributed by atoms with Crippen LogP contribution in [0.2, 0.25) is 0 Å². The number of hydrogen-bond donors (Lipinski definition) is 1. The normalized spacial score (nSPS) is 22.7. The lowest BCUT2D eigenvalue weighted by molar-refractivity contribution is 0.244. The first-order valence-corrected chi connectivity index (χ1v) is 4.90. The van der Waals surface area contributed by atoms with Crippen molar-refractivity contribution in [2.75, 3.05) is 0 Å². The molecule has 1 aliphatic rings. The molecule has 1 atom stereocenters. The van der Waals surface area contributed by atoms with Crippen LogP contribution in [0.25, 0.3) is 0 Å². The molecule has 72 valence electrons. The van der Waals surface area contributed by atoms with Crippen LogP contribution in [-0.4, -0.2) is 11.2 Å². The van der Waals surface area contributed by atoms with Gasteiger partial charge in [0.15, 0.2) is 0 Å². The molecule has 1 rings (SSSR count). The highest BCUT2D eigenvalue weighted by atomic mass is 16.3. The summed E-state index contributed by atoms with van der Waals surface area (Å²) in [6, 6.07) is 0. The van der Waals surface area contributed by atoms with Crippen LogP contribution < -0.4 is 0 Å². The lowest BCUT2D eigenvalue weighted by Gasteiger charge is -2.20. The van der Waals surface area contributed by atoms with E-state index in [4.69, 9.17) is 0 Å². The third-order valence-electron chi connectivity index (χ3n) is 2.35. The molecule has 1 nitrogen and oxygen atoms in total. The summed E-state index contributed by atoms with van der Waals surface area (Å²) < 4.78 is 0. The van der Waals surface area contributed by atoms with E-state index in [-0.39, 0.29) is 0 Å². The minimum atomic E-state index is -0.435. The van der Waals surface area contributed by atoms with Crippen LogP contribution in [0.15, 0.2) is 35.5 Å². The standard InChI is InChI=1S/C12H18O/c1-4-5-6-11-8-9(2)7-10(3)12(11)13/h7-8,12-13H,3-6H2,1-2H3. The zero-order valence-corrected chi connectivity index (χ0v) is 8.51. The highest BCUT2D eigenvalue weighted by molar-refractivity contribution is 5.42. The number of rotatable bonds is 3. The van der Waals surface area contributed by atoms with Gasteiger partial charge < -0.3 is 5.11 Å². The van der Waals surface area contributed by atoms with Crippen molar-refractivity contribution < 1.29 is 5.11 Å². The van der Waals surface area contributed by atoms with Crippen molar-refractivity contribution in [3.05, 3.63) is 35.5 Å². The van der Waals surface area contributed by atoms with E-state index in [2.05, 4.69) is 19.6 Å². The van der Waals surface area contributed by atoms with Gasteiger partial charge in [-0.25, -0.2) is 0 Å². The average Bonchev–Trinajstić information content (AvgIpc) is 2.09. The van der Waals surface area contributed by atoms with E-state index in [0.717, 1.165) is 24.0 Å². The Kier molecular flexibility index (Phi) is 3.49. The fourth-order valence-corrected chi connectivity index (χ4v) is 1.61. The second-order valence-corrected chi connectivity index (χ2v) is 3.69. The maximum absolute atomic E-state index is 9.77. The van der Waals surface area contributed by atoms with Crippen LogP contribution in [0.3, 0.4) is 0 Å². The molecule has 0 aromatic rings. The smallest absolute Gasteiger partial charge is 0.0998 e. The minimum absolute atomic E-state index is 0.435. The van der Waals surface area contributed by atoms with Gasteiger partial charge in [0.25, 0.3) is 0 Å². The van der Waals surface area contributed by atoms with Gasteiger partial charge in [-0.3, -0.25) is 0 Å². The molecule has 0 heterocycles. The summed E-state index contributed by atoms with van der Waals surface area (Å²) in [6.07, 6.45) is 6.88. The first-order valence-electron chi connectivity index (χ1n) is 4.90. The van der Waals surface area contributed by atoms with Gasteiger partial charge in [-0.2, -0.15) is 0 Å². The van der Waals surface area contributed by atoms with Gasteiger partial charge in [0.05, 0.1) is 6.10 Å². The molecule has 13 heavy (non-hydrogen) atoms. The molecule has 0 amide bonds. The molecule has 1 heteroatoms. The molecule has 0 spiro atoms. The lowest BCUT2D eigenvalue weighted by atomic mass is 9.91. The minimum Gasteiger partial charge on any atom is -0.384 e. The molecular weight excluding hydrogens is 160 g/mol. The van der Waals surface area contributed by atoms with Crippen LogP contribution in [0, 0.1) is 0 Å². The first-order chi connectivity index (χ1) is 6.15. The van der Waals surface area contributed by atoms with Gasteiger partial charge >= 0.3 is 0 Å². The number of aliphatic hydroxyl groups excluding tert-OH is 1. The van der Waals surface area contributed by atoms with E-state index in [1.54, 1.807) is 0 Å². The first kappa shape index (κ1) is 10.3. The molecule has 0 saturated carbocycles. The molecule has 0 aromatic carbocycles. The molecule has 1 aliphatic carbocycles. The number of unbranched alkanes of at least 4 members (excludes halogenated alkanes) is 1. The van der Waals surface area contributed by atoms with Crippen LogP contribution in [0.1, 0.15) is 33.1 Å². The van der Waals surface area contributed by atoms with Crippen LogP contribution in [0.4, 0.5) is 0 Å². The van der Waals surface area contributed by atoms with E-state index in [1.165, 1.54) is 12.0 Å². The molecule has 0 aromatic heterocycles. The van der Waals surface area contributed by atoms with Crippen molar-refractivity contribution in [3.8, 4) is 0 Å². The topological polar surface area (TPSA) is 20.2 Å². The summed E-state index contributed by atoms with van der Waals surface area (Å²) in [7, 11) is 0. The fraction of sp³-hybridized carbons (Fsp3) is 0.500. The van der Waals surface area contributed by atoms with Gasteiger partial charge in [0, 0.05) is 0 Å². The summed E-state index contributed by atoms with van der Waals surface area (Å²) in [5, 5.41) is 9.77. The molecule has 0 bridgehead atoms. The van der Waals surface area contributed by atoms with Crippen molar-refractivity contribution in [1.82, 2.24) is 0 Å². The van der Waals surface area contributed by atoms with E-state index in [9.17, 15) is 5.11 Å². The second-order valence-electron chi connectivity index (χ2n) is 3.69. The van der Waals surface area contributed by atoms with Crippen molar-refractivity contribution in [3.63, 3.8) is 0 Å². The largest absolute Gasteiger partial charge is 0.384 e. The zero-order valence-electron chi connectivity index (χ0n) is 8.51. The van der Waals surface area contributed by atoms with Crippen molar-refractivity contribution in [2.45, 2.75) is 39.2 Å². The Balaban J connectivity index is 2.70. The maximum atomic E-state index is 9.77. The van der Waals surface area contributed by atoms with Gasteiger partial charge in [0.2, 0.25) is 0 Å². The number of allylic oxidation sites excluding steroid dienone is 2. The third-order valence-corrected chi connectivity index (χ3v) is 2.35. The summed E-state index contributed by atoms with van der Waals surface area (Å²) in [6.45, 7) is 8.04. The maximum Gasteiger partial charge on any atom is 0.0998 e. The SMILES string of the molecule is C=C1C=C(C)C=C(CCCC)C1O. The van der Waals surface area contributed by atoms with Crippen molar-refractivity contribution in [1.29, 1.82) is 0 Å². The summed E-state index contributed by atoms with van der Waals surface area (Å²) >= 11 is 0. The van der Waals surface area contributed by atoms with Crippen molar-refractivity contribution >= 4 is 0 Å². The monoisotopic (exact) mass is 178 g/mol. The zero-order chi connectivity index (χ0) is 9.84. The summed E-state index contributed by atoms with van der Waals surface area (Å²) in [4.78, 5) is 0. The molecular formula is C12H18O. The Morgan fingerprint density at radius 2 is 2.15 bits per heavy atom. The second kappa shape index (κ2) is 4.43. The predicted octanol–water partition coefficient (Wildman–Crippen LogP) is 2.98. The van der Waals surface area contributed by atoms with Gasteiger partial charge in [-0.05, 0) is 30.9 Å². The highest BCUT2D eigenvalue weighted by Crippen LogP contribution is 2.24. The highest BCUT2D eigenvalue weighted by Gasteiger charge is 2.16. The Bertz CT molecular complexity index is 258. The van der Waals surface area contributed by atoms with Crippen LogP contribution in [-0.2, 0) is 0 Å². The Hall–Kier alpha value is -0.820. The number of hydrogen-bond acceptors (Lipinski definition) is 1. The lowest BCUT2D eigenvalue weighted by Crippen LogP contribution is -2.15. The van der Waals surface area contributed by atoms with E-state index >= 15 is 0 Å². The van der Waals surface area contributed by atoms with Gasteiger partial charge in [-0.1, -0.05) is 37.6 Å². The number of aliphatic hydroxyl groups is 1. The third kappa shape index (κ3) is 2.56. The average molecular weight is 178 g/mol. The molecule has 0 fully saturated rings. The molecule has 0 radical (unpaired) electrons. The Morgan fingerprint density at radius 3 is 2.77 bits per heavy atom. The van der Waals surface area contributed by atoms with Crippen molar-refractivity contribution in [2.24, 2.45) is 0 Å². The Labute approximate surface area is 80.5 Å². The molecule has 0 saturated heterocycles. The van der Waals surface area contributed by atoms with E-state index in [0.29, 0.717) is 0 Å². The molecule has 1 N–H and O–H groups in total. The van der Waals surface area contributed by atoms with Gasteiger partial charge in [0.1, 0.15) is 0 Å².